The Bertz CT molecular complexity index is 555. The van der Waals surface area contributed by atoms with Crippen molar-refractivity contribution in [1.82, 2.24) is 9.97 Å². The van der Waals surface area contributed by atoms with Gasteiger partial charge in [-0.05, 0) is 37.5 Å². The number of ether oxygens (including phenoxy) is 1. The Balaban J connectivity index is 2.13. The molecule has 0 saturated heterocycles. The third-order valence-corrected chi connectivity index (χ3v) is 2.59. The van der Waals surface area contributed by atoms with Gasteiger partial charge in [0.05, 0.1) is 0 Å². The molecule has 0 radical (unpaired) electrons. The molecule has 4 nitrogen and oxygen atoms in total. The number of benzene rings is 1. The lowest BCUT2D eigenvalue weighted by Gasteiger charge is -2.08. The van der Waals surface area contributed by atoms with Crippen LogP contribution in [0, 0.1) is 12.7 Å². The molecular weight excluding hydrogens is 245 g/mol. The minimum absolute atomic E-state index is 0.0563. The van der Waals surface area contributed by atoms with Crippen LogP contribution in [0.3, 0.4) is 0 Å². The quantitative estimate of drug-likeness (QED) is 0.919. The number of aryl methyl sites for hydroxylation is 1. The highest BCUT2D eigenvalue weighted by Crippen LogP contribution is 2.23. The summed E-state index contributed by atoms with van der Waals surface area (Å²) in [7, 11) is 0. The molecule has 0 aliphatic carbocycles. The van der Waals surface area contributed by atoms with Gasteiger partial charge < -0.3 is 10.5 Å². The van der Waals surface area contributed by atoms with Gasteiger partial charge in [0.1, 0.15) is 11.6 Å². The highest BCUT2D eigenvalue weighted by atomic mass is 19.1. The van der Waals surface area contributed by atoms with Crippen LogP contribution < -0.4 is 10.5 Å². The van der Waals surface area contributed by atoms with Crippen LogP contribution in [-0.4, -0.2) is 16.0 Å². The van der Waals surface area contributed by atoms with Crippen molar-refractivity contribution in [2.24, 2.45) is 5.73 Å². The van der Waals surface area contributed by atoms with Crippen molar-refractivity contribution in [2.45, 2.75) is 26.3 Å². The summed E-state index contributed by atoms with van der Waals surface area (Å²) in [6.45, 7) is 3.75. The van der Waals surface area contributed by atoms with E-state index >= 15 is 0 Å². The van der Waals surface area contributed by atoms with Gasteiger partial charge in [-0.1, -0.05) is 6.07 Å². The van der Waals surface area contributed by atoms with Crippen molar-refractivity contribution in [3.8, 4) is 11.8 Å². The first-order valence-electron chi connectivity index (χ1n) is 6.05. The molecule has 100 valence electrons. The van der Waals surface area contributed by atoms with Gasteiger partial charge in [0, 0.05) is 24.5 Å². The van der Waals surface area contributed by atoms with Gasteiger partial charge in [-0.3, -0.25) is 0 Å². The number of nitrogens with zero attached hydrogens (tertiary/aromatic N) is 2. The summed E-state index contributed by atoms with van der Waals surface area (Å²) >= 11 is 0. The van der Waals surface area contributed by atoms with E-state index in [9.17, 15) is 4.39 Å². The molecule has 1 atom stereocenters. The molecular formula is C14H16FN3O. The van der Waals surface area contributed by atoms with Gasteiger partial charge in [0.2, 0.25) is 0 Å². The first-order chi connectivity index (χ1) is 9.04. The van der Waals surface area contributed by atoms with Crippen molar-refractivity contribution in [3.05, 3.63) is 47.5 Å². The summed E-state index contributed by atoms with van der Waals surface area (Å²) in [5.74, 6) is 0.0640. The lowest BCUT2D eigenvalue weighted by atomic mass is 10.1. The van der Waals surface area contributed by atoms with Crippen molar-refractivity contribution in [1.29, 1.82) is 0 Å². The highest BCUT2D eigenvalue weighted by molar-refractivity contribution is 5.34. The van der Waals surface area contributed by atoms with Crippen molar-refractivity contribution in [2.75, 3.05) is 0 Å². The number of hydrogen-bond donors (Lipinski definition) is 1. The summed E-state index contributed by atoms with van der Waals surface area (Å²) in [5, 5.41) is 0. The van der Waals surface area contributed by atoms with E-state index in [2.05, 4.69) is 9.97 Å². The van der Waals surface area contributed by atoms with Gasteiger partial charge in [0.15, 0.2) is 0 Å². The van der Waals surface area contributed by atoms with Gasteiger partial charge in [-0.25, -0.2) is 14.4 Å². The maximum atomic E-state index is 13.1. The Morgan fingerprint density at radius 1 is 1.32 bits per heavy atom. The van der Waals surface area contributed by atoms with Crippen LogP contribution in [0.5, 0.6) is 11.8 Å². The van der Waals surface area contributed by atoms with Gasteiger partial charge in [-0.15, -0.1) is 0 Å². The Morgan fingerprint density at radius 2 is 2.00 bits per heavy atom. The van der Waals surface area contributed by atoms with E-state index in [4.69, 9.17) is 10.5 Å². The summed E-state index contributed by atoms with van der Waals surface area (Å²) in [6, 6.07) is 4.60. The fraction of sp³-hybridized carbons (Fsp3) is 0.286. The third kappa shape index (κ3) is 3.72. The minimum atomic E-state index is -0.353. The maximum Gasteiger partial charge on any atom is 0.321 e. The van der Waals surface area contributed by atoms with Crippen LogP contribution in [0.1, 0.15) is 18.1 Å². The zero-order chi connectivity index (χ0) is 13.8. The van der Waals surface area contributed by atoms with Crippen LogP contribution in [0.15, 0.2) is 30.6 Å². The first-order valence-corrected chi connectivity index (χ1v) is 6.05. The Labute approximate surface area is 111 Å². The molecule has 19 heavy (non-hydrogen) atoms. The second kappa shape index (κ2) is 5.75. The predicted molar refractivity (Wildman–Crippen MR) is 70.6 cm³/mol. The molecule has 1 aromatic carbocycles. The van der Waals surface area contributed by atoms with Gasteiger partial charge in [-0.2, -0.15) is 0 Å². The molecule has 2 aromatic rings. The van der Waals surface area contributed by atoms with E-state index in [0.717, 1.165) is 11.1 Å². The fourth-order valence-corrected chi connectivity index (χ4v) is 1.66. The van der Waals surface area contributed by atoms with E-state index in [-0.39, 0.29) is 17.9 Å². The molecule has 0 aliphatic heterocycles. The van der Waals surface area contributed by atoms with Crippen LogP contribution >= 0.6 is 0 Å². The Hall–Kier alpha value is -2.01. The van der Waals surface area contributed by atoms with Gasteiger partial charge in [0.25, 0.3) is 0 Å². The number of rotatable bonds is 4. The minimum Gasteiger partial charge on any atom is -0.424 e. The summed E-state index contributed by atoms with van der Waals surface area (Å²) in [5.41, 5.74) is 7.46. The average Bonchev–Trinajstić information content (AvgIpc) is 2.35. The zero-order valence-corrected chi connectivity index (χ0v) is 10.9. The molecule has 1 heterocycles. The SMILES string of the molecule is Cc1ccc(F)cc1Oc1ncc(CC(C)N)cn1. The van der Waals surface area contributed by atoms with Crippen LogP contribution in [0.25, 0.3) is 0 Å². The van der Waals surface area contributed by atoms with Crippen molar-refractivity contribution >= 4 is 0 Å². The van der Waals surface area contributed by atoms with E-state index in [1.54, 1.807) is 18.5 Å². The second-order valence-corrected chi connectivity index (χ2v) is 4.57. The summed E-state index contributed by atoms with van der Waals surface area (Å²) in [6.07, 6.45) is 4.04. The standard InChI is InChI=1S/C14H16FN3O/c1-9-3-4-12(15)6-13(9)19-14-17-7-11(8-18-14)5-10(2)16/h3-4,6-8,10H,5,16H2,1-2H3. The molecule has 2 rings (SSSR count). The number of nitrogens with two attached hydrogens (primary N) is 1. The van der Waals surface area contributed by atoms with E-state index in [1.807, 2.05) is 13.8 Å². The smallest absolute Gasteiger partial charge is 0.321 e. The lowest BCUT2D eigenvalue weighted by molar-refractivity contribution is 0.433. The van der Waals surface area contributed by atoms with Crippen LogP contribution in [0.2, 0.25) is 0 Å². The largest absolute Gasteiger partial charge is 0.424 e. The zero-order valence-electron chi connectivity index (χ0n) is 10.9. The molecule has 0 bridgehead atoms. The molecule has 0 saturated carbocycles. The average molecular weight is 261 g/mol. The van der Waals surface area contributed by atoms with Gasteiger partial charge >= 0.3 is 6.01 Å². The first kappa shape index (κ1) is 13.4. The molecule has 1 unspecified atom stereocenters. The van der Waals surface area contributed by atoms with E-state index in [0.29, 0.717) is 12.2 Å². The van der Waals surface area contributed by atoms with Crippen LogP contribution in [0.4, 0.5) is 4.39 Å². The molecule has 0 aliphatic rings. The third-order valence-electron chi connectivity index (χ3n) is 2.59. The number of halogens is 1. The van der Waals surface area contributed by atoms with E-state index in [1.165, 1.54) is 12.1 Å². The monoisotopic (exact) mass is 261 g/mol. The van der Waals surface area contributed by atoms with Crippen molar-refractivity contribution < 1.29 is 9.13 Å². The number of aromatic nitrogens is 2. The number of hydrogen-bond acceptors (Lipinski definition) is 4. The summed E-state index contributed by atoms with van der Waals surface area (Å²) < 4.78 is 18.6. The molecule has 0 spiro atoms. The molecule has 2 N–H and O–H groups in total. The topological polar surface area (TPSA) is 61.0 Å². The highest BCUT2D eigenvalue weighted by Gasteiger charge is 2.06. The van der Waals surface area contributed by atoms with E-state index < -0.39 is 0 Å². The summed E-state index contributed by atoms with van der Waals surface area (Å²) in [4.78, 5) is 8.17. The molecule has 1 aromatic heterocycles. The Kier molecular flexibility index (Phi) is 4.06. The normalized spacial score (nSPS) is 12.2. The van der Waals surface area contributed by atoms with Crippen molar-refractivity contribution in [3.63, 3.8) is 0 Å². The molecule has 0 amide bonds. The van der Waals surface area contributed by atoms with Crippen LogP contribution in [-0.2, 0) is 6.42 Å². The predicted octanol–water partition coefficient (Wildman–Crippen LogP) is 2.61. The molecule has 5 heteroatoms. The molecule has 0 fully saturated rings. The fourth-order valence-electron chi connectivity index (χ4n) is 1.66. The Morgan fingerprint density at radius 3 is 2.63 bits per heavy atom. The second-order valence-electron chi connectivity index (χ2n) is 4.57. The maximum absolute atomic E-state index is 13.1. The lowest BCUT2D eigenvalue weighted by Crippen LogP contribution is -2.17.